The van der Waals surface area contributed by atoms with Crippen LogP contribution in [0.4, 0.5) is 0 Å². The van der Waals surface area contributed by atoms with E-state index in [0.29, 0.717) is 40.6 Å². The fraction of sp³-hybridized carbons (Fsp3) is 0.278. The minimum atomic E-state index is 0.278. The smallest absolute Gasteiger partial charge is 0.148 e. The van der Waals surface area contributed by atoms with E-state index in [-0.39, 0.29) is 6.61 Å². The minimum Gasteiger partial charge on any atom is -0.484 e. The first-order chi connectivity index (χ1) is 12.1. The van der Waals surface area contributed by atoms with Gasteiger partial charge >= 0.3 is 0 Å². The van der Waals surface area contributed by atoms with Crippen molar-refractivity contribution in [1.82, 2.24) is 9.55 Å². The molecule has 0 radical (unpaired) electrons. The fourth-order valence-electron chi connectivity index (χ4n) is 2.55. The molecule has 1 aromatic heterocycles. The lowest BCUT2D eigenvalue weighted by molar-refractivity contribution is 0.138. The molecule has 0 unspecified atom stereocenters. The lowest BCUT2D eigenvalue weighted by Crippen LogP contribution is -2.11. The Morgan fingerprint density at radius 3 is 2.56 bits per heavy atom. The van der Waals surface area contributed by atoms with Crippen molar-refractivity contribution in [3.05, 3.63) is 57.3 Å². The van der Waals surface area contributed by atoms with Gasteiger partial charge in [-0.3, -0.25) is 0 Å². The monoisotopic (exact) mass is 398 g/mol. The predicted octanol–water partition coefficient (Wildman–Crippen LogP) is 5.61. The van der Waals surface area contributed by atoms with Gasteiger partial charge in [0.25, 0.3) is 0 Å². The van der Waals surface area contributed by atoms with E-state index in [1.807, 2.05) is 25.1 Å². The van der Waals surface area contributed by atoms with Crippen molar-refractivity contribution in [1.29, 1.82) is 0 Å². The number of nitrogens with zero attached hydrogens (tertiary/aromatic N) is 2. The summed E-state index contributed by atoms with van der Waals surface area (Å²) in [6.07, 6.45) is 0. The summed E-state index contributed by atoms with van der Waals surface area (Å²) in [6.45, 7) is 4.20. The van der Waals surface area contributed by atoms with Crippen LogP contribution < -0.4 is 4.74 Å². The molecule has 1 heterocycles. The Kier molecular flexibility index (Phi) is 6.07. The standard InChI is InChI=1S/C18H17Cl3N2O2/c1-2-24-8-7-23-16-5-3-13(20)10-15(16)22-18(23)11-25-17-6-4-12(19)9-14(17)21/h3-6,9-10H,2,7-8,11H2,1H3. The molecule has 7 heteroatoms. The number of hydrogen-bond acceptors (Lipinski definition) is 3. The van der Waals surface area contributed by atoms with Crippen molar-refractivity contribution in [2.24, 2.45) is 0 Å². The second-order valence-corrected chi connectivity index (χ2v) is 6.65. The van der Waals surface area contributed by atoms with E-state index in [1.54, 1.807) is 18.2 Å². The summed E-state index contributed by atoms with van der Waals surface area (Å²) in [5.41, 5.74) is 1.81. The molecule has 0 amide bonds. The van der Waals surface area contributed by atoms with Crippen LogP contribution in [-0.4, -0.2) is 22.8 Å². The molecule has 3 rings (SSSR count). The van der Waals surface area contributed by atoms with Crippen LogP contribution in [0.2, 0.25) is 15.1 Å². The Bertz CT molecular complexity index is 880. The van der Waals surface area contributed by atoms with Crippen molar-refractivity contribution >= 4 is 45.8 Å². The van der Waals surface area contributed by atoms with Gasteiger partial charge in [-0.2, -0.15) is 0 Å². The molecular formula is C18H17Cl3N2O2. The molecule has 0 bridgehead atoms. The average molecular weight is 400 g/mol. The lowest BCUT2D eigenvalue weighted by Gasteiger charge is -2.11. The maximum atomic E-state index is 6.16. The number of fused-ring (bicyclic) bond motifs is 1. The summed E-state index contributed by atoms with van der Waals surface area (Å²) in [5.74, 6) is 1.34. The Labute approximate surface area is 161 Å². The summed E-state index contributed by atoms with van der Waals surface area (Å²) in [7, 11) is 0. The Balaban J connectivity index is 1.86. The molecule has 3 aromatic rings. The third kappa shape index (κ3) is 4.39. The number of aromatic nitrogens is 2. The summed E-state index contributed by atoms with van der Waals surface area (Å²) < 4.78 is 13.4. The number of imidazole rings is 1. The van der Waals surface area contributed by atoms with Gasteiger partial charge in [-0.25, -0.2) is 4.98 Å². The molecule has 0 aliphatic heterocycles. The van der Waals surface area contributed by atoms with Crippen LogP contribution in [0.5, 0.6) is 5.75 Å². The molecule has 2 aromatic carbocycles. The zero-order valence-corrected chi connectivity index (χ0v) is 15.9. The van der Waals surface area contributed by atoms with Crippen molar-refractivity contribution in [3.63, 3.8) is 0 Å². The van der Waals surface area contributed by atoms with E-state index in [1.165, 1.54) is 0 Å². The van der Waals surface area contributed by atoms with Gasteiger partial charge in [-0.15, -0.1) is 0 Å². The number of rotatable bonds is 7. The first-order valence-corrected chi connectivity index (χ1v) is 9.02. The third-order valence-corrected chi connectivity index (χ3v) is 4.47. The molecule has 0 aliphatic carbocycles. The average Bonchev–Trinajstić information content (AvgIpc) is 2.91. The molecular weight excluding hydrogens is 383 g/mol. The van der Waals surface area contributed by atoms with E-state index in [2.05, 4.69) is 9.55 Å². The predicted molar refractivity (Wildman–Crippen MR) is 102 cm³/mol. The van der Waals surface area contributed by atoms with Crippen LogP contribution in [0.3, 0.4) is 0 Å². The number of ether oxygens (including phenoxy) is 2. The highest BCUT2D eigenvalue weighted by molar-refractivity contribution is 6.35. The van der Waals surface area contributed by atoms with Crippen LogP contribution in [0.1, 0.15) is 12.7 Å². The van der Waals surface area contributed by atoms with Crippen molar-refractivity contribution in [3.8, 4) is 5.75 Å². The van der Waals surface area contributed by atoms with Gasteiger partial charge in [-0.1, -0.05) is 34.8 Å². The largest absolute Gasteiger partial charge is 0.484 e. The zero-order valence-electron chi connectivity index (χ0n) is 13.6. The maximum Gasteiger partial charge on any atom is 0.148 e. The van der Waals surface area contributed by atoms with Gasteiger partial charge in [0.2, 0.25) is 0 Å². The molecule has 0 saturated heterocycles. The zero-order chi connectivity index (χ0) is 17.8. The highest BCUT2D eigenvalue weighted by Gasteiger charge is 2.13. The number of hydrogen-bond donors (Lipinski definition) is 0. The minimum absolute atomic E-state index is 0.278. The van der Waals surface area contributed by atoms with Crippen molar-refractivity contribution in [2.75, 3.05) is 13.2 Å². The molecule has 4 nitrogen and oxygen atoms in total. The SMILES string of the molecule is CCOCCn1c(COc2ccc(Cl)cc2Cl)nc2cc(Cl)ccc21. The van der Waals surface area contributed by atoms with Crippen molar-refractivity contribution in [2.45, 2.75) is 20.1 Å². The van der Waals surface area contributed by atoms with E-state index in [4.69, 9.17) is 44.3 Å². The second kappa shape index (κ2) is 8.28. The lowest BCUT2D eigenvalue weighted by atomic mass is 10.3. The molecule has 0 fully saturated rings. The first-order valence-electron chi connectivity index (χ1n) is 7.88. The van der Waals surface area contributed by atoms with Gasteiger partial charge in [0.05, 0.1) is 22.7 Å². The van der Waals surface area contributed by atoms with Crippen LogP contribution in [0.15, 0.2) is 36.4 Å². The van der Waals surface area contributed by atoms with Crippen LogP contribution in [-0.2, 0) is 17.9 Å². The molecule has 0 aliphatic rings. The quantitative estimate of drug-likeness (QED) is 0.484. The van der Waals surface area contributed by atoms with Crippen LogP contribution in [0.25, 0.3) is 11.0 Å². The number of benzene rings is 2. The highest BCUT2D eigenvalue weighted by Crippen LogP contribution is 2.28. The molecule has 0 atom stereocenters. The number of halogens is 3. The Hall–Kier alpha value is -1.46. The van der Waals surface area contributed by atoms with E-state index >= 15 is 0 Å². The summed E-state index contributed by atoms with van der Waals surface area (Å²) >= 11 is 18.2. The summed E-state index contributed by atoms with van der Waals surface area (Å²) in [5, 5.41) is 1.68. The van der Waals surface area contributed by atoms with E-state index < -0.39 is 0 Å². The van der Waals surface area contributed by atoms with Gasteiger partial charge in [0.15, 0.2) is 0 Å². The van der Waals surface area contributed by atoms with Gasteiger partial charge in [0, 0.05) is 23.2 Å². The van der Waals surface area contributed by atoms with E-state index in [0.717, 1.165) is 16.9 Å². The van der Waals surface area contributed by atoms with Gasteiger partial charge in [-0.05, 0) is 43.3 Å². The summed E-state index contributed by atoms with van der Waals surface area (Å²) in [4.78, 5) is 4.64. The van der Waals surface area contributed by atoms with E-state index in [9.17, 15) is 0 Å². The van der Waals surface area contributed by atoms with Gasteiger partial charge in [0.1, 0.15) is 18.2 Å². The van der Waals surface area contributed by atoms with Gasteiger partial charge < -0.3 is 14.0 Å². The first kappa shape index (κ1) is 18.3. The molecule has 25 heavy (non-hydrogen) atoms. The fourth-order valence-corrected chi connectivity index (χ4v) is 3.18. The summed E-state index contributed by atoms with van der Waals surface area (Å²) in [6, 6.07) is 10.8. The highest BCUT2D eigenvalue weighted by atomic mass is 35.5. The molecule has 132 valence electrons. The molecule has 0 spiro atoms. The molecule has 0 N–H and O–H groups in total. The van der Waals surface area contributed by atoms with Crippen LogP contribution in [0, 0.1) is 0 Å². The normalized spacial score (nSPS) is 11.2. The van der Waals surface area contributed by atoms with Crippen LogP contribution >= 0.6 is 34.8 Å². The van der Waals surface area contributed by atoms with Crippen molar-refractivity contribution < 1.29 is 9.47 Å². The Morgan fingerprint density at radius 2 is 1.80 bits per heavy atom. The molecule has 0 saturated carbocycles. The topological polar surface area (TPSA) is 36.3 Å². The third-order valence-electron chi connectivity index (χ3n) is 3.70. The maximum absolute atomic E-state index is 6.16. The second-order valence-electron chi connectivity index (χ2n) is 5.37. The Morgan fingerprint density at radius 1 is 1.04 bits per heavy atom.